The van der Waals surface area contributed by atoms with E-state index in [1.54, 1.807) is 0 Å². The summed E-state index contributed by atoms with van der Waals surface area (Å²) >= 11 is 0. The number of hydrogen-bond donors (Lipinski definition) is 0. The number of rotatable bonds is 5. The Bertz CT molecular complexity index is 635. The molecule has 4 heteroatoms. The highest BCUT2D eigenvalue weighted by Gasteiger charge is 2.38. The van der Waals surface area contributed by atoms with Gasteiger partial charge in [0.15, 0.2) is 0 Å². The second-order valence-corrected chi connectivity index (χ2v) is 8.72. The Hall–Kier alpha value is -1.84. The van der Waals surface area contributed by atoms with Gasteiger partial charge in [0.25, 0.3) is 0 Å². The van der Waals surface area contributed by atoms with Crippen LogP contribution in [0.25, 0.3) is 0 Å². The van der Waals surface area contributed by atoms with Gasteiger partial charge in [0.1, 0.15) is 6.04 Å². The third-order valence-corrected chi connectivity index (χ3v) is 6.38. The monoisotopic (exact) mass is 370 g/mol. The Kier molecular flexibility index (Phi) is 6.56. The van der Waals surface area contributed by atoms with E-state index < -0.39 is 0 Å². The number of likely N-dealkylation sites (tertiary alicyclic amines) is 2. The summed E-state index contributed by atoms with van der Waals surface area (Å²) in [7, 11) is 0. The first-order chi connectivity index (χ1) is 13.0. The largest absolute Gasteiger partial charge is 0.341 e. The lowest BCUT2D eigenvalue weighted by Crippen LogP contribution is -2.50. The van der Waals surface area contributed by atoms with Gasteiger partial charge in [0.2, 0.25) is 11.8 Å². The molecule has 0 spiro atoms. The van der Waals surface area contributed by atoms with E-state index in [4.69, 9.17) is 0 Å². The molecule has 2 amide bonds. The summed E-state index contributed by atoms with van der Waals surface area (Å²) in [5, 5.41) is 0. The van der Waals surface area contributed by atoms with E-state index in [2.05, 4.69) is 32.9 Å². The van der Waals surface area contributed by atoms with Crippen LogP contribution in [-0.2, 0) is 9.59 Å². The maximum Gasteiger partial charge on any atom is 0.245 e. The standard InChI is InChI=1S/C23H34N2O2/c1-17(2)20(19-8-5-4-6-9-19)16-22(26)25-13-7-10-21(25)23(27)24-14-11-18(3)12-15-24/h4-6,8-9,17-18,20-21H,7,10-16H2,1-3H3/t20?,21-/m0/s1. The van der Waals surface area contributed by atoms with Gasteiger partial charge in [-0.05, 0) is 49.0 Å². The molecule has 1 aromatic carbocycles. The topological polar surface area (TPSA) is 40.6 Å². The molecule has 0 bridgehead atoms. The van der Waals surface area contributed by atoms with Crippen LogP contribution in [0.2, 0.25) is 0 Å². The van der Waals surface area contributed by atoms with E-state index in [9.17, 15) is 9.59 Å². The van der Waals surface area contributed by atoms with Gasteiger partial charge in [0, 0.05) is 26.1 Å². The predicted molar refractivity (Wildman–Crippen MR) is 108 cm³/mol. The molecule has 148 valence electrons. The van der Waals surface area contributed by atoms with Crippen molar-refractivity contribution in [1.29, 1.82) is 0 Å². The van der Waals surface area contributed by atoms with Gasteiger partial charge in [-0.3, -0.25) is 9.59 Å². The van der Waals surface area contributed by atoms with Crippen LogP contribution in [-0.4, -0.2) is 47.3 Å². The van der Waals surface area contributed by atoms with Gasteiger partial charge in [-0.1, -0.05) is 51.1 Å². The number of carbonyl (C=O) groups is 2. The fourth-order valence-electron chi connectivity index (χ4n) is 4.51. The zero-order valence-corrected chi connectivity index (χ0v) is 17.1. The second kappa shape index (κ2) is 8.90. The number of nitrogens with zero attached hydrogens (tertiary/aromatic N) is 2. The van der Waals surface area contributed by atoms with Crippen molar-refractivity contribution in [2.45, 2.75) is 64.8 Å². The van der Waals surface area contributed by atoms with Crippen LogP contribution in [0.4, 0.5) is 0 Å². The summed E-state index contributed by atoms with van der Waals surface area (Å²) in [5.74, 6) is 1.60. The summed E-state index contributed by atoms with van der Waals surface area (Å²) in [6, 6.07) is 10.1. The molecule has 1 aromatic rings. The molecular weight excluding hydrogens is 336 g/mol. The Morgan fingerprint density at radius 2 is 1.70 bits per heavy atom. The Morgan fingerprint density at radius 1 is 1.04 bits per heavy atom. The quantitative estimate of drug-likeness (QED) is 0.784. The van der Waals surface area contributed by atoms with Gasteiger partial charge >= 0.3 is 0 Å². The van der Waals surface area contributed by atoms with Crippen LogP contribution in [0.3, 0.4) is 0 Å². The van der Waals surface area contributed by atoms with Crippen molar-refractivity contribution in [2.24, 2.45) is 11.8 Å². The Morgan fingerprint density at radius 3 is 2.33 bits per heavy atom. The molecular formula is C23H34N2O2. The molecule has 2 fully saturated rings. The number of carbonyl (C=O) groups excluding carboxylic acids is 2. The third-order valence-electron chi connectivity index (χ3n) is 6.38. The maximum absolute atomic E-state index is 13.1. The van der Waals surface area contributed by atoms with Gasteiger partial charge in [-0.15, -0.1) is 0 Å². The first kappa shape index (κ1) is 19.9. The highest BCUT2D eigenvalue weighted by molar-refractivity contribution is 5.88. The lowest BCUT2D eigenvalue weighted by atomic mass is 9.85. The highest BCUT2D eigenvalue weighted by atomic mass is 16.2. The van der Waals surface area contributed by atoms with Gasteiger partial charge in [-0.2, -0.15) is 0 Å². The van der Waals surface area contributed by atoms with Crippen molar-refractivity contribution in [3.8, 4) is 0 Å². The van der Waals surface area contributed by atoms with Crippen LogP contribution in [0.5, 0.6) is 0 Å². The smallest absolute Gasteiger partial charge is 0.245 e. The highest BCUT2D eigenvalue weighted by Crippen LogP contribution is 2.31. The summed E-state index contributed by atoms with van der Waals surface area (Å²) in [6.07, 6.45) is 4.40. The Balaban J connectivity index is 1.66. The maximum atomic E-state index is 13.1. The van der Waals surface area contributed by atoms with Crippen molar-refractivity contribution in [3.63, 3.8) is 0 Å². The summed E-state index contributed by atoms with van der Waals surface area (Å²) in [4.78, 5) is 30.0. The lowest BCUT2D eigenvalue weighted by molar-refractivity contribution is -0.145. The molecule has 27 heavy (non-hydrogen) atoms. The second-order valence-electron chi connectivity index (χ2n) is 8.72. The molecule has 2 aliphatic heterocycles. The minimum atomic E-state index is -0.241. The summed E-state index contributed by atoms with van der Waals surface area (Å²) in [5.41, 5.74) is 1.22. The van der Waals surface area contributed by atoms with E-state index >= 15 is 0 Å². The first-order valence-electron chi connectivity index (χ1n) is 10.6. The van der Waals surface area contributed by atoms with Crippen LogP contribution >= 0.6 is 0 Å². The average Bonchev–Trinajstić information content (AvgIpc) is 3.16. The van der Waals surface area contributed by atoms with E-state index in [1.165, 1.54) is 5.56 Å². The van der Waals surface area contributed by atoms with Crippen LogP contribution < -0.4 is 0 Å². The first-order valence-corrected chi connectivity index (χ1v) is 10.6. The molecule has 0 aromatic heterocycles. The van der Waals surface area contributed by atoms with Crippen molar-refractivity contribution in [2.75, 3.05) is 19.6 Å². The van der Waals surface area contributed by atoms with Crippen molar-refractivity contribution < 1.29 is 9.59 Å². The zero-order valence-electron chi connectivity index (χ0n) is 17.1. The minimum Gasteiger partial charge on any atom is -0.341 e. The molecule has 0 saturated carbocycles. The molecule has 2 aliphatic rings. The van der Waals surface area contributed by atoms with Gasteiger partial charge in [0.05, 0.1) is 0 Å². The summed E-state index contributed by atoms with van der Waals surface area (Å²) < 4.78 is 0. The van der Waals surface area contributed by atoms with E-state index in [0.717, 1.165) is 45.3 Å². The Labute approximate surface area is 163 Å². The molecule has 2 saturated heterocycles. The van der Waals surface area contributed by atoms with Crippen LogP contribution in [0.1, 0.15) is 64.4 Å². The molecule has 2 heterocycles. The van der Waals surface area contributed by atoms with Crippen LogP contribution in [0, 0.1) is 11.8 Å². The number of amides is 2. The number of piperidine rings is 1. The van der Waals surface area contributed by atoms with E-state index in [-0.39, 0.29) is 23.8 Å². The lowest BCUT2D eigenvalue weighted by Gasteiger charge is -2.35. The average molecular weight is 371 g/mol. The van der Waals surface area contributed by atoms with Crippen molar-refractivity contribution in [1.82, 2.24) is 9.80 Å². The minimum absolute atomic E-state index is 0.138. The number of benzene rings is 1. The van der Waals surface area contributed by atoms with E-state index in [0.29, 0.717) is 18.3 Å². The van der Waals surface area contributed by atoms with Gasteiger partial charge < -0.3 is 9.80 Å². The zero-order chi connectivity index (χ0) is 19.4. The molecule has 1 unspecified atom stereocenters. The molecule has 0 radical (unpaired) electrons. The van der Waals surface area contributed by atoms with E-state index in [1.807, 2.05) is 28.0 Å². The normalized spacial score (nSPS) is 22.3. The number of hydrogen-bond acceptors (Lipinski definition) is 2. The molecule has 2 atom stereocenters. The van der Waals surface area contributed by atoms with Crippen molar-refractivity contribution >= 4 is 11.8 Å². The molecule has 3 rings (SSSR count). The molecule has 4 nitrogen and oxygen atoms in total. The SMILES string of the molecule is CC1CCN(C(=O)[C@@H]2CCCN2C(=O)CC(c2ccccc2)C(C)C)CC1. The van der Waals surface area contributed by atoms with Gasteiger partial charge in [-0.25, -0.2) is 0 Å². The predicted octanol–water partition coefficient (Wildman–Crippen LogP) is 4.07. The molecule has 0 N–H and O–H groups in total. The fraction of sp³-hybridized carbons (Fsp3) is 0.652. The third kappa shape index (κ3) is 4.72. The molecule has 0 aliphatic carbocycles. The van der Waals surface area contributed by atoms with Crippen LogP contribution in [0.15, 0.2) is 30.3 Å². The van der Waals surface area contributed by atoms with Crippen molar-refractivity contribution in [3.05, 3.63) is 35.9 Å². The fourth-order valence-corrected chi connectivity index (χ4v) is 4.51. The summed E-state index contributed by atoms with van der Waals surface area (Å²) in [6.45, 7) is 9.01.